The molecule has 4 heterocycles. The van der Waals surface area contributed by atoms with E-state index in [0.717, 1.165) is 10.6 Å². The second-order valence-electron chi connectivity index (χ2n) is 5.14. The molecular formula is C15H12N8OS. The van der Waals surface area contributed by atoms with Crippen molar-refractivity contribution in [2.45, 2.75) is 0 Å². The highest BCUT2D eigenvalue weighted by molar-refractivity contribution is 7.13. The van der Waals surface area contributed by atoms with Crippen LogP contribution in [-0.4, -0.2) is 40.4 Å². The van der Waals surface area contributed by atoms with Crippen LogP contribution in [0.4, 0.5) is 5.69 Å². The van der Waals surface area contributed by atoms with Crippen molar-refractivity contribution in [3.8, 4) is 16.4 Å². The Kier molecular flexibility index (Phi) is 3.78. The van der Waals surface area contributed by atoms with Crippen LogP contribution in [0.15, 0.2) is 48.8 Å². The molecule has 9 nitrogen and oxygen atoms in total. The Morgan fingerprint density at radius 1 is 1.24 bits per heavy atom. The number of amides is 1. The van der Waals surface area contributed by atoms with E-state index in [2.05, 4.69) is 30.5 Å². The van der Waals surface area contributed by atoms with E-state index in [1.54, 1.807) is 40.9 Å². The number of nitrogens with one attached hydrogen (secondary N) is 1. The van der Waals surface area contributed by atoms with Crippen LogP contribution >= 0.6 is 11.3 Å². The van der Waals surface area contributed by atoms with Gasteiger partial charge >= 0.3 is 0 Å². The topological polar surface area (TPSA) is 103 Å². The van der Waals surface area contributed by atoms with Gasteiger partial charge in [0.2, 0.25) is 0 Å². The van der Waals surface area contributed by atoms with Gasteiger partial charge in [0.25, 0.3) is 5.91 Å². The molecule has 4 aromatic heterocycles. The molecule has 0 atom stereocenters. The summed E-state index contributed by atoms with van der Waals surface area (Å²) in [5.41, 5.74) is 1.81. The molecule has 0 aliphatic heterocycles. The lowest BCUT2D eigenvalue weighted by Gasteiger charge is -2.04. The van der Waals surface area contributed by atoms with E-state index < -0.39 is 0 Å². The minimum Gasteiger partial charge on any atom is -0.319 e. The van der Waals surface area contributed by atoms with Gasteiger partial charge in [-0.3, -0.25) is 9.48 Å². The van der Waals surface area contributed by atoms with Crippen LogP contribution in [0.2, 0.25) is 0 Å². The Bertz CT molecular complexity index is 1000. The molecule has 0 radical (unpaired) electrons. The third kappa shape index (κ3) is 3.15. The first-order valence-corrected chi connectivity index (χ1v) is 8.14. The molecule has 0 aliphatic carbocycles. The highest BCUT2D eigenvalue weighted by Crippen LogP contribution is 2.23. The van der Waals surface area contributed by atoms with Crippen LogP contribution in [0.5, 0.6) is 0 Å². The summed E-state index contributed by atoms with van der Waals surface area (Å²) in [6.07, 6.45) is 8.11. The van der Waals surface area contributed by atoms with E-state index in [1.807, 2.05) is 13.2 Å². The van der Waals surface area contributed by atoms with Crippen molar-refractivity contribution in [1.82, 2.24) is 34.5 Å². The molecule has 4 aromatic rings. The number of rotatable bonds is 4. The number of aromatic nitrogens is 7. The first-order chi connectivity index (χ1) is 12.2. The number of aryl methyl sites for hydroxylation is 1. The summed E-state index contributed by atoms with van der Waals surface area (Å²) in [6, 6.07) is 3.49. The summed E-state index contributed by atoms with van der Waals surface area (Å²) < 4.78 is 3.23. The molecule has 0 fully saturated rings. The SMILES string of the molecule is Cn1cc(-c2nc(C(=O)Nc3ccc(-n4cncn4)nc3)cs2)cn1. The molecule has 0 aromatic carbocycles. The van der Waals surface area contributed by atoms with Gasteiger partial charge in [0, 0.05) is 24.2 Å². The van der Waals surface area contributed by atoms with Crippen molar-refractivity contribution in [3.05, 3.63) is 54.5 Å². The van der Waals surface area contributed by atoms with Gasteiger partial charge in [0.1, 0.15) is 23.4 Å². The van der Waals surface area contributed by atoms with E-state index in [4.69, 9.17) is 0 Å². The van der Waals surface area contributed by atoms with E-state index in [0.29, 0.717) is 17.2 Å². The predicted octanol–water partition coefficient (Wildman–Crippen LogP) is 1.77. The van der Waals surface area contributed by atoms with E-state index >= 15 is 0 Å². The minimum atomic E-state index is -0.290. The second kappa shape index (κ2) is 6.24. The molecule has 0 bridgehead atoms. The fourth-order valence-corrected chi connectivity index (χ4v) is 2.94. The summed E-state index contributed by atoms with van der Waals surface area (Å²) in [6.45, 7) is 0. The molecule has 124 valence electrons. The third-order valence-corrected chi connectivity index (χ3v) is 4.24. The Balaban J connectivity index is 1.48. The average Bonchev–Trinajstić information content (AvgIpc) is 3.36. The number of nitrogens with zero attached hydrogens (tertiary/aromatic N) is 7. The molecule has 0 unspecified atom stereocenters. The molecule has 0 aliphatic rings. The summed E-state index contributed by atoms with van der Waals surface area (Å²) >= 11 is 1.40. The summed E-state index contributed by atoms with van der Waals surface area (Å²) in [5.74, 6) is 0.324. The zero-order valence-corrected chi connectivity index (χ0v) is 13.9. The van der Waals surface area contributed by atoms with E-state index in [1.165, 1.54) is 22.3 Å². The minimum absolute atomic E-state index is 0.290. The Morgan fingerprint density at radius 2 is 2.16 bits per heavy atom. The number of thiazole rings is 1. The molecule has 0 saturated heterocycles. The van der Waals surface area contributed by atoms with Gasteiger partial charge in [-0.15, -0.1) is 11.3 Å². The van der Waals surface area contributed by atoms with Gasteiger partial charge in [-0.1, -0.05) is 0 Å². The average molecular weight is 352 g/mol. The standard InChI is InChI=1S/C15H12N8OS/c1-22-6-10(4-18-22)15-21-12(7-25-15)14(24)20-11-2-3-13(17-5-11)23-9-16-8-19-23/h2-9H,1H3,(H,20,24). The van der Waals surface area contributed by atoms with Crippen molar-refractivity contribution >= 4 is 22.9 Å². The van der Waals surface area contributed by atoms with Crippen LogP contribution in [0, 0.1) is 0 Å². The number of pyridine rings is 1. The van der Waals surface area contributed by atoms with Crippen molar-refractivity contribution in [2.75, 3.05) is 5.32 Å². The monoisotopic (exact) mass is 352 g/mol. The van der Waals surface area contributed by atoms with Crippen molar-refractivity contribution in [3.63, 3.8) is 0 Å². The lowest BCUT2D eigenvalue weighted by atomic mass is 10.3. The van der Waals surface area contributed by atoms with Gasteiger partial charge in [-0.25, -0.2) is 19.6 Å². The number of anilines is 1. The Labute approximate surface area is 146 Å². The zero-order chi connectivity index (χ0) is 17.2. The quantitative estimate of drug-likeness (QED) is 0.600. The summed E-state index contributed by atoms with van der Waals surface area (Å²) in [4.78, 5) is 24.8. The lowest BCUT2D eigenvalue weighted by molar-refractivity contribution is 0.102. The zero-order valence-electron chi connectivity index (χ0n) is 13.1. The molecule has 4 rings (SSSR count). The maximum atomic E-state index is 12.3. The largest absolute Gasteiger partial charge is 0.319 e. The van der Waals surface area contributed by atoms with Crippen molar-refractivity contribution in [1.29, 1.82) is 0 Å². The molecule has 25 heavy (non-hydrogen) atoms. The van der Waals surface area contributed by atoms with Gasteiger partial charge in [0.15, 0.2) is 5.82 Å². The van der Waals surface area contributed by atoms with Crippen molar-refractivity contribution in [2.24, 2.45) is 7.05 Å². The maximum Gasteiger partial charge on any atom is 0.275 e. The Hall–Kier alpha value is -3.40. The molecule has 10 heteroatoms. The van der Waals surface area contributed by atoms with E-state index in [-0.39, 0.29) is 5.91 Å². The number of carbonyl (C=O) groups excluding carboxylic acids is 1. The number of hydrogen-bond donors (Lipinski definition) is 1. The summed E-state index contributed by atoms with van der Waals surface area (Å²) in [5, 5.41) is 13.3. The van der Waals surface area contributed by atoms with Crippen LogP contribution in [0.3, 0.4) is 0 Å². The first-order valence-electron chi connectivity index (χ1n) is 7.26. The molecular weight excluding hydrogens is 340 g/mol. The highest BCUT2D eigenvalue weighted by atomic mass is 32.1. The van der Waals surface area contributed by atoms with Crippen LogP contribution < -0.4 is 5.32 Å². The lowest BCUT2D eigenvalue weighted by Crippen LogP contribution is -2.12. The smallest absolute Gasteiger partial charge is 0.275 e. The van der Waals surface area contributed by atoms with Gasteiger partial charge in [-0.05, 0) is 12.1 Å². The molecule has 0 spiro atoms. The molecule has 0 saturated carbocycles. The van der Waals surface area contributed by atoms with Crippen LogP contribution in [0.25, 0.3) is 16.4 Å². The summed E-state index contributed by atoms with van der Waals surface area (Å²) in [7, 11) is 1.83. The maximum absolute atomic E-state index is 12.3. The van der Waals surface area contributed by atoms with Gasteiger partial charge < -0.3 is 5.32 Å². The van der Waals surface area contributed by atoms with Crippen LogP contribution in [-0.2, 0) is 7.05 Å². The Morgan fingerprint density at radius 3 is 2.84 bits per heavy atom. The number of carbonyl (C=O) groups is 1. The van der Waals surface area contributed by atoms with Gasteiger partial charge in [0.05, 0.1) is 18.1 Å². The third-order valence-electron chi connectivity index (χ3n) is 3.35. The first kappa shape index (κ1) is 15.1. The fraction of sp³-hybridized carbons (Fsp3) is 0.0667. The van der Waals surface area contributed by atoms with Crippen LogP contribution in [0.1, 0.15) is 10.5 Å². The van der Waals surface area contributed by atoms with Crippen molar-refractivity contribution < 1.29 is 4.79 Å². The second-order valence-corrected chi connectivity index (χ2v) is 6.00. The predicted molar refractivity (Wildman–Crippen MR) is 91.4 cm³/mol. The number of hydrogen-bond acceptors (Lipinski definition) is 7. The molecule has 1 N–H and O–H groups in total. The fourth-order valence-electron chi connectivity index (χ4n) is 2.16. The highest BCUT2D eigenvalue weighted by Gasteiger charge is 2.13. The van der Waals surface area contributed by atoms with E-state index in [9.17, 15) is 4.79 Å². The normalized spacial score (nSPS) is 10.8. The molecule has 1 amide bonds. The van der Waals surface area contributed by atoms with Gasteiger partial charge in [-0.2, -0.15) is 10.2 Å².